The molecule has 2 aromatic heterocycles. The second kappa shape index (κ2) is 15.2. The molecule has 2 aliphatic heterocycles. The molecule has 0 spiro atoms. The minimum atomic E-state index is -3.89. The van der Waals surface area contributed by atoms with Gasteiger partial charge >= 0.3 is 0 Å². The maximum atomic E-state index is 14.7. The van der Waals surface area contributed by atoms with E-state index in [0.717, 1.165) is 12.8 Å². The van der Waals surface area contributed by atoms with Gasteiger partial charge in [-0.1, -0.05) is 30.2 Å². The Labute approximate surface area is 328 Å². The third-order valence-corrected chi connectivity index (χ3v) is 13.4. The van der Waals surface area contributed by atoms with Crippen LogP contribution in [0.2, 0.25) is 0 Å². The fourth-order valence-electron chi connectivity index (χ4n) is 8.20. The zero-order valence-corrected chi connectivity index (χ0v) is 32.5. The molecular weight excluding hydrogens is 758 g/mol. The standard InChI is InChI=1S/C41H44FN5O9S/c1-23-16-34(45-56-23)37(49)43-32-9-7-5-3-4-6-8-24-20-41(24,40(51)46-57(52,53)28-12-13-28)21-36(48)35-19-27(22-47(35)39(32)50)55-38-30-14-10-25(42)17-31(30)29-15-11-26(54-2)18-33(29)44-38/h6,8,10-11,14-18,24,27-28,32,35H,3-5,7,9,12-13,19-22H2,1-2H3,(H,43,49)(H,46,51)/b8-6-/t24-,27-,32+,35+,41-/m1/s1. The van der Waals surface area contributed by atoms with Crippen molar-refractivity contribution in [1.29, 1.82) is 0 Å². The number of nitrogens with zero attached hydrogens (tertiary/aromatic N) is 3. The van der Waals surface area contributed by atoms with Crippen LogP contribution in [0.3, 0.4) is 0 Å². The first-order valence-corrected chi connectivity index (χ1v) is 20.9. The van der Waals surface area contributed by atoms with Crippen LogP contribution in [0.25, 0.3) is 21.7 Å². The molecule has 1 saturated heterocycles. The maximum absolute atomic E-state index is 14.7. The summed E-state index contributed by atoms with van der Waals surface area (Å²) in [6, 6.07) is 8.85. The van der Waals surface area contributed by atoms with Crippen LogP contribution in [0.4, 0.5) is 4.39 Å². The molecule has 2 N–H and O–H groups in total. The predicted octanol–water partition coefficient (Wildman–Crippen LogP) is 5.07. The summed E-state index contributed by atoms with van der Waals surface area (Å²) in [5.41, 5.74) is -0.816. The minimum absolute atomic E-state index is 0.00721. The summed E-state index contributed by atoms with van der Waals surface area (Å²) in [5.74, 6) is -1.96. The average molecular weight is 802 g/mol. The summed E-state index contributed by atoms with van der Waals surface area (Å²) in [6.45, 7) is 1.58. The Hall–Kier alpha value is -5.38. The molecule has 14 nitrogen and oxygen atoms in total. The van der Waals surface area contributed by atoms with Crippen LogP contribution in [-0.2, 0) is 24.4 Å². The quantitative estimate of drug-likeness (QED) is 0.179. The topological polar surface area (TPSA) is 187 Å². The van der Waals surface area contributed by atoms with Crippen molar-refractivity contribution < 1.29 is 46.0 Å². The number of carbonyl (C=O) groups excluding carboxylic acids is 4. The van der Waals surface area contributed by atoms with Gasteiger partial charge in [0.1, 0.15) is 29.5 Å². The van der Waals surface area contributed by atoms with Crippen molar-refractivity contribution in [2.75, 3.05) is 13.7 Å². The van der Waals surface area contributed by atoms with Crippen LogP contribution in [-0.4, -0.2) is 84.1 Å². The van der Waals surface area contributed by atoms with E-state index in [4.69, 9.17) is 19.0 Å². The monoisotopic (exact) mass is 801 g/mol. The number of pyridine rings is 1. The number of carbonyl (C=O) groups is 4. The van der Waals surface area contributed by atoms with E-state index in [1.165, 1.54) is 30.2 Å². The average Bonchev–Trinajstić information content (AvgIpc) is 4.07. The Balaban J connectivity index is 1.14. The lowest BCUT2D eigenvalue weighted by Crippen LogP contribution is -2.52. The highest BCUT2D eigenvalue weighted by molar-refractivity contribution is 7.90. The molecule has 0 bridgehead atoms. The Kier molecular flexibility index (Phi) is 10.2. The maximum Gasteiger partial charge on any atom is 0.274 e. The highest BCUT2D eigenvalue weighted by atomic mass is 32.2. The lowest BCUT2D eigenvalue weighted by atomic mass is 9.91. The number of ether oxygens (including phenoxy) is 2. The second-order valence-electron chi connectivity index (χ2n) is 15.7. The number of aryl methyl sites for hydroxylation is 1. The Morgan fingerprint density at radius 3 is 2.58 bits per heavy atom. The molecule has 0 radical (unpaired) electrons. The van der Waals surface area contributed by atoms with Crippen molar-refractivity contribution in [1.82, 2.24) is 25.1 Å². The number of ketones is 1. The summed E-state index contributed by atoms with van der Waals surface area (Å²) in [5, 5.41) is 7.73. The summed E-state index contributed by atoms with van der Waals surface area (Å²) < 4.78 is 59.8. The van der Waals surface area contributed by atoms with E-state index in [9.17, 15) is 32.0 Å². The number of fused-ring (bicyclic) bond motifs is 5. The van der Waals surface area contributed by atoms with E-state index in [2.05, 4.69) is 15.2 Å². The van der Waals surface area contributed by atoms with E-state index in [-0.39, 0.29) is 49.7 Å². The zero-order chi connectivity index (χ0) is 40.1. The van der Waals surface area contributed by atoms with Crippen molar-refractivity contribution in [3.63, 3.8) is 0 Å². The Morgan fingerprint density at radius 2 is 1.82 bits per heavy atom. The molecule has 4 aliphatic rings. The third kappa shape index (κ3) is 7.83. The summed E-state index contributed by atoms with van der Waals surface area (Å²) in [4.78, 5) is 62.6. The number of hydrogen-bond donors (Lipinski definition) is 2. The number of halogens is 1. The highest BCUT2D eigenvalue weighted by Crippen LogP contribution is 2.57. The number of allylic oxidation sites excluding steroid dienone is 2. The van der Waals surface area contributed by atoms with Gasteiger partial charge in [-0.2, -0.15) is 0 Å². The molecule has 300 valence electrons. The molecule has 2 saturated carbocycles. The number of amides is 3. The minimum Gasteiger partial charge on any atom is -0.497 e. The van der Waals surface area contributed by atoms with Gasteiger partial charge in [-0.25, -0.2) is 17.8 Å². The number of sulfonamides is 1. The lowest BCUT2D eigenvalue weighted by Gasteiger charge is -2.29. The van der Waals surface area contributed by atoms with Crippen LogP contribution in [0.15, 0.2) is 59.1 Å². The van der Waals surface area contributed by atoms with Crippen molar-refractivity contribution >= 4 is 55.2 Å². The summed E-state index contributed by atoms with van der Waals surface area (Å²) >= 11 is 0. The van der Waals surface area contributed by atoms with Crippen LogP contribution < -0.4 is 19.5 Å². The molecule has 16 heteroatoms. The van der Waals surface area contributed by atoms with Gasteiger partial charge in [-0.3, -0.25) is 23.9 Å². The van der Waals surface area contributed by atoms with Gasteiger partial charge < -0.3 is 24.2 Å². The molecule has 4 heterocycles. The molecule has 3 fully saturated rings. The highest BCUT2D eigenvalue weighted by Gasteiger charge is 2.61. The molecule has 57 heavy (non-hydrogen) atoms. The smallest absolute Gasteiger partial charge is 0.274 e. The van der Waals surface area contributed by atoms with Crippen molar-refractivity contribution in [3.05, 3.63) is 71.9 Å². The number of Topliss-reactive ketones (excluding diaryl/α,β-unsaturated/α-hetero) is 1. The lowest BCUT2D eigenvalue weighted by molar-refractivity contribution is -0.140. The van der Waals surface area contributed by atoms with Gasteiger partial charge in [0.15, 0.2) is 11.5 Å². The van der Waals surface area contributed by atoms with Crippen molar-refractivity contribution in [2.24, 2.45) is 11.3 Å². The molecular formula is C41H44FN5O9S. The third-order valence-electron chi connectivity index (χ3n) is 11.6. The van der Waals surface area contributed by atoms with Gasteiger partial charge in [-0.15, -0.1) is 0 Å². The zero-order valence-electron chi connectivity index (χ0n) is 31.7. The van der Waals surface area contributed by atoms with Crippen LogP contribution in [0.1, 0.15) is 80.5 Å². The Morgan fingerprint density at radius 1 is 1.02 bits per heavy atom. The van der Waals surface area contributed by atoms with E-state index < -0.39 is 68.2 Å². The van der Waals surface area contributed by atoms with Gasteiger partial charge in [0.25, 0.3) is 5.91 Å². The molecule has 0 unspecified atom stereocenters. The van der Waals surface area contributed by atoms with E-state index in [1.807, 2.05) is 12.2 Å². The van der Waals surface area contributed by atoms with E-state index in [0.29, 0.717) is 58.9 Å². The van der Waals surface area contributed by atoms with Gasteiger partial charge in [0, 0.05) is 35.7 Å². The van der Waals surface area contributed by atoms with E-state index >= 15 is 0 Å². The predicted molar refractivity (Wildman–Crippen MR) is 205 cm³/mol. The Bertz CT molecular complexity index is 2410. The van der Waals surface area contributed by atoms with E-state index in [1.54, 1.807) is 31.2 Å². The number of methoxy groups -OCH3 is 1. The number of nitrogens with one attached hydrogen (secondary N) is 2. The van der Waals surface area contributed by atoms with Crippen LogP contribution in [0, 0.1) is 24.1 Å². The number of hydrogen-bond acceptors (Lipinski definition) is 11. The largest absolute Gasteiger partial charge is 0.497 e. The molecule has 4 aromatic rings. The first-order chi connectivity index (χ1) is 27.3. The molecule has 3 amide bonds. The normalized spacial score (nSPS) is 26.2. The summed E-state index contributed by atoms with van der Waals surface area (Å²) in [6.07, 6.45) is 7.10. The summed E-state index contributed by atoms with van der Waals surface area (Å²) in [7, 11) is -2.37. The number of benzene rings is 2. The van der Waals surface area contributed by atoms with Gasteiger partial charge in [0.2, 0.25) is 27.7 Å². The molecule has 8 rings (SSSR count). The fourth-order valence-corrected chi connectivity index (χ4v) is 9.58. The number of rotatable bonds is 8. The second-order valence-corrected chi connectivity index (χ2v) is 17.6. The van der Waals surface area contributed by atoms with Crippen LogP contribution >= 0.6 is 0 Å². The van der Waals surface area contributed by atoms with Gasteiger partial charge in [0.05, 0.1) is 35.9 Å². The fraction of sp³-hybridized carbons (Fsp3) is 0.463. The van der Waals surface area contributed by atoms with Crippen molar-refractivity contribution in [2.45, 2.75) is 94.6 Å². The van der Waals surface area contributed by atoms with Crippen LogP contribution in [0.5, 0.6) is 11.6 Å². The molecule has 2 aliphatic carbocycles. The first kappa shape index (κ1) is 38.5. The van der Waals surface area contributed by atoms with Gasteiger partial charge in [-0.05, 0) is 87.1 Å². The number of aromatic nitrogens is 2. The molecule has 2 aromatic carbocycles. The SMILES string of the molecule is COc1ccc2c(c1)nc(O[C@@H]1C[C@H]3C(=O)C[C@]4(C(=O)NS(=O)(=O)C5CC5)C[C@H]4/C=C\CCCCC[C@H](NC(=O)c4cc(C)on4)C(=O)N3C1)c1ccc(F)cc12. The first-order valence-electron chi connectivity index (χ1n) is 19.4. The van der Waals surface area contributed by atoms with Crippen molar-refractivity contribution in [3.8, 4) is 11.6 Å². The molecule has 5 atom stereocenters.